The van der Waals surface area contributed by atoms with Gasteiger partial charge in [0.25, 0.3) is 5.91 Å². The number of benzene rings is 3. The molecule has 0 unspecified atom stereocenters. The van der Waals surface area contributed by atoms with Crippen LogP contribution in [-0.2, 0) is 6.61 Å². The Morgan fingerprint density at radius 2 is 1.62 bits per heavy atom. The number of hydrogen-bond acceptors (Lipinski definition) is 7. The summed E-state index contributed by atoms with van der Waals surface area (Å²) >= 11 is 0. The fourth-order valence-corrected chi connectivity index (χ4v) is 3.20. The molecule has 0 aromatic heterocycles. The Morgan fingerprint density at radius 1 is 0.919 bits per heavy atom. The highest BCUT2D eigenvalue weighted by Gasteiger charge is 2.11. The van der Waals surface area contributed by atoms with Crippen LogP contribution in [0.5, 0.6) is 23.0 Å². The molecule has 192 valence electrons. The number of ether oxygens (including phenoxy) is 4. The summed E-state index contributed by atoms with van der Waals surface area (Å²) in [6.45, 7) is 6.45. The third-order valence-electron chi connectivity index (χ3n) is 5.03. The highest BCUT2D eigenvalue weighted by molar-refractivity contribution is 5.95. The van der Waals surface area contributed by atoms with Crippen molar-refractivity contribution in [2.24, 2.45) is 5.10 Å². The zero-order chi connectivity index (χ0) is 26.6. The topological polar surface area (TPSA) is 116 Å². The molecular formula is C28H28N2O7. The number of hydrazone groups is 1. The molecule has 0 spiro atoms. The van der Waals surface area contributed by atoms with E-state index in [4.69, 9.17) is 24.1 Å². The molecule has 0 saturated heterocycles. The van der Waals surface area contributed by atoms with Crippen molar-refractivity contribution in [3.05, 3.63) is 95.6 Å². The van der Waals surface area contributed by atoms with Gasteiger partial charge >= 0.3 is 5.97 Å². The maximum atomic E-state index is 12.5. The largest absolute Gasteiger partial charge is 0.493 e. The fraction of sp³-hybridized carbons (Fsp3) is 0.179. The van der Waals surface area contributed by atoms with Gasteiger partial charge in [0.1, 0.15) is 13.2 Å². The summed E-state index contributed by atoms with van der Waals surface area (Å²) in [5, 5.41) is 13.1. The Balaban J connectivity index is 1.64. The number of amides is 1. The predicted octanol–water partition coefficient (Wildman–Crippen LogP) is 4.70. The molecule has 0 atom stereocenters. The summed E-state index contributed by atoms with van der Waals surface area (Å²) in [4.78, 5) is 23.5. The summed E-state index contributed by atoms with van der Waals surface area (Å²) in [6, 6.07) is 16.5. The first-order valence-corrected chi connectivity index (χ1v) is 11.4. The lowest BCUT2D eigenvalue weighted by atomic mass is 10.1. The van der Waals surface area contributed by atoms with Crippen LogP contribution in [0.2, 0.25) is 0 Å². The minimum atomic E-state index is -0.981. The number of carboxylic acids is 1. The Morgan fingerprint density at radius 3 is 2.30 bits per heavy atom. The van der Waals surface area contributed by atoms with Crippen LogP contribution in [0.4, 0.5) is 0 Å². The fourth-order valence-electron chi connectivity index (χ4n) is 3.20. The van der Waals surface area contributed by atoms with Crippen LogP contribution in [0.1, 0.15) is 38.8 Å². The van der Waals surface area contributed by atoms with Crippen LogP contribution in [0.15, 0.2) is 78.4 Å². The zero-order valence-electron chi connectivity index (χ0n) is 20.6. The number of aromatic carboxylic acids is 1. The molecule has 0 heterocycles. The molecule has 0 bridgehead atoms. The number of nitrogens with one attached hydrogen (secondary N) is 1. The van der Waals surface area contributed by atoms with E-state index < -0.39 is 11.9 Å². The molecule has 3 rings (SSSR count). The number of carboxylic acid groups (broad SMARTS) is 1. The van der Waals surface area contributed by atoms with Crippen molar-refractivity contribution in [3.8, 4) is 23.0 Å². The van der Waals surface area contributed by atoms with Crippen molar-refractivity contribution in [1.82, 2.24) is 5.43 Å². The van der Waals surface area contributed by atoms with Crippen LogP contribution in [-0.4, -0.2) is 43.5 Å². The smallest absolute Gasteiger partial charge is 0.335 e. The van der Waals surface area contributed by atoms with E-state index in [1.165, 1.54) is 25.5 Å². The van der Waals surface area contributed by atoms with E-state index in [-0.39, 0.29) is 12.2 Å². The lowest BCUT2D eigenvalue weighted by Crippen LogP contribution is -2.17. The van der Waals surface area contributed by atoms with Crippen LogP contribution < -0.4 is 24.4 Å². The summed E-state index contributed by atoms with van der Waals surface area (Å²) in [5.74, 6) is 0.574. The molecule has 1 amide bonds. The highest BCUT2D eigenvalue weighted by atomic mass is 16.5. The lowest BCUT2D eigenvalue weighted by Gasteiger charge is -2.13. The van der Waals surface area contributed by atoms with E-state index in [2.05, 4.69) is 17.1 Å². The second-order valence-corrected chi connectivity index (χ2v) is 7.59. The van der Waals surface area contributed by atoms with Gasteiger partial charge in [0.05, 0.1) is 25.5 Å². The van der Waals surface area contributed by atoms with Gasteiger partial charge in [-0.15, -0.1) is 0 Å². The second-order valence-electron chi connectivity index (χ2n) is 7.59. The number of nitrogens with zero attached hydrogens (tertiary/aromatic N) is 1. The molecule has 0 aliphatic rings. The van der Waals surface area contributed by atoms with Gasteiger partial charge < -0.3 is 24.1 Å². The van der Waals surface area contributed by atoms with Crippen molar-refractivity contribution >= 4 is 18.1 Å². The minimum absolute atomic E-state index is 0.211. The molecule has 9 nitrogen and oxygen atoms in total. The Hall–Kier alpha value is -4.79. The lowest BCUT2D eigenvalue weighted by molar-refractivity contribution is 0.0696. The number of rotatable bonds is 13. The molecule has 0 fully saturated rings. The van der Waals surface area contributed by atoms with Crippen LogP contribution in [0, 0.1) is 0 Å². The first-order valence-electron chi connectivity index (χ1n) is 11.4. The molecule has 0 radical (unpaired) electrons. The average molecular weight is 505 g/mol. The maximum Gasteiger partial charge on any atom is 0.335 e. The Kier molecular flexibility index (Phi) is 9.66. The van der Waals surface area contributed by atoms with Gasteiger partial charge in [-0.3, -0.25) is 4.79 Å². The Bertz CT molecular complexity index is 1270. The monoisotopic (exact) mass is 504 g/mol. The van der Waals surface area contributed by atoms with Crippen LogP contribution >= 0.6 is 0 Å². The van der Waals surface area contributed by atoms with Crippen molar-refractivity contribution < 1.29 is 33.6 Å². The van der Waals surface area contributed by atoms with Gasteiger partial charge in [0.2, 0.25) is 0 Å². The second kappa shape index (κ2) is 13.3. The molecule has 3 aromatic rings. The molecule has 0 saturated carbocycles. The summed E-state index contributed by atoms with van der Waals surface area (Å²) in [5.41, 5.74) is 4.56. The van der Waals surface area contributed by atoms with Crippen molar-refractivity contribution in [2.75, 3.05) is 20.3 Å². The molecular weight excluding hydrogens is 476 g/mol. The summed E-state index contributed by atoms with van der Waals surface area (Å²) < 4.78 is 22.4. The van der Waals surface area contributed by atoms with E-state index in [0.717, 1.165) is 5.56 Å². The molecule has 0 aliphatic carbocycles. The van der Waals surface area contributed by atoms with E-state index >= 15 is 0 Å². The molecule has 0 aliphatic heterocycles. The normalized spacial score (nSPS) is 10.5. The first kappa shape index (κ1) is 26.8. The van der Waals surface area contributed by atoms with Gasteiger partial charge in [-0.25, -0.2) is 10.2 Å². The van der Waals surface area contributed by atoms with Crippen LogP contribution in [0.3, 0.4) is 0 Å². The molecule has 3 aromatic carbocycles. The third kappa shape index (κ3) is 7.60. The molecule has 37 heavy (non-hydrogen) atoms. The van der Waals surface area contributed by atoms with Gasteiger partial charge in [-0.2, -0.15) is 5.10 Å². The predicted molar refractivity (Wildman–Crippen MR) is 139 cm³/mol. The third-order valence-corrected chi connectivity index (χ3v) is 5.03. The van der Waals surface area contributed by atoms with Crippen molar-refractivity contribution in [2.45, 2.75) is 13.5 Å². The SMILES string of the molecule is C=CCOc1ccc(C(=O)N/N=C/c2ccc(OCc3ccc(C(=O)O)cc3)c(OCC)c2)cc1OC. The molecule has 2 N–H and O–H groups in total. The van der Waals surface area contributed by atoms with E-state index in [1.54, 1.807) is 54.6 Å². The van der Waals surface area contributed by atoms with Gasteiger partial charge in [-0.05, 0) is 66.6 Å². The number of carbonyl (C=O) groups excluding carboxylic acids is 1. The molecule has 9 heteroatoms. The summed E-state index contributed by atoms with van der Waals surface area (Å²) in [7, 11) is 1.49. The quantitative estimate of drug-likeness (QED) is 0.197. The number of methoxy groups -OCH3 is 1. The van der Waals surface area contributed by atoms with Gasteiger partial charge in [-0.1, -0.05) is 24.8 Å². The zero-order valence-corrected chi connectivity index (χ0v) is 20.6. The standard InChI is InChI=1S/C28H28N2O7/c1-4-14-36-23-13-11-22(16-25(23)34-3)27(31)30-29-17-20-8-12-24(26(15-20)35-5-2)37-18-19-6-9-21(10-7-19)28(32)33/h4,6-13,15-17H,1,5,14,18H2,2-3H3,(H,30,31)(H,32,33)/b29-17+. The average Bonchev–Trinajstić information content (AvgIpc) is 2.91. The van der Waals surface area contributed by atoms with Crippen molar-refractivity contribution in [3.63, 3.8) is 0 Å². The minimum Gasteiger partial charge on any atom is -0.493 e. The van der Waals surface area contributed by atoms with E-state index in [0.29, 0.717) is 47.3 Å². The van der Waals surface area contributed by atoms with Crippen LogP contribution in [0.25, 0.3) is 0 Å². The Labute approximate surface area is 214 Å². The summed E-state index contributed by atoms with van der Waals surface area (Å²) in [6.07, 6.45) is 3.11. The van der Waals surface area contributed by atoms with Gasteiger partial charge in [0, 0.05) is 5.56 Å². The number of carbonyl (C=O) groups is 2. The van der Waals surface area contributed by atoms with Crippen molar-refractivity contribution in [1.29, 1.82) is 0 Å². The number of hydrogen-bond donors (Lipinski definition) is 2. The van der Waals surface area contributed by atoms with Gasteiger partial charge in [0.15, 0.2) is 23.0 Å². The first-order chi connectivity index (χ1) is 17.9. The highest BCUT2D eigenvalue weighted by Crippen LogP contribution is 2.29. The maximum absolute atomic E-state index is 12.5. The van der Waals surface area contributed by atoms with E-state index in [9.17, 15) is 9.59 Å². The van der Waals surface area contributed by atoms with E-state index in [1.807, 2.05) is 6.92 Å².